The Kier molecular flexibility index (Phi) is 2.80. The number of nitrogens with zero attached hydrogens (tertiary/aromatic N) is 4. The molecule has 1 amide bonds. The average Bonchev–Trinajstić information content (AvgIpc) is 3.02. The van der Waals surface area contributed by atoms with Gasteiger partial charge in [0, 0.05) is 19.4 Å². The van der Waals surface area contributed by atoms with E-state index in [4.69, 9.17) is 0 Å². The molecule has 3 aromatic rings. The van der Waals surface area contributed by atoms with Crippen LogP contribution in [-0.2, 0) is 11.8 Å². The lowest BCUT2D eigenvalue weighted by molar-refractivity contribution is -0.116. The van der Waals surface area contributed by atoms with Gasteiger partial charge in [-0.2, -0.15) is 14.6 Å². The summed E-state index contributed by atoms with van der Waals surface area (Å²) in [6, 6.07) is 5.82. The Morgan fingerprint density at radius 2 is 2.00 bits per heavy atom. The quantitative estimate of drug-likeness (QED) is 0.728. The third-order valence-electron chi connectivity index (χ3n) is 4.10. The number of rotatable bonds is 1. The molecule has 0 saturated heterocycles. The van der Waals surface area contributed by atoms with Crippen molar-refractivity contribution in [3.05, 3.63) is 57.9 Å². The summed E-state index contributed by atoms with van der Waals surface area (Å²) in [5.41, 5.74) is 0.880. The zero-order valence-corrected chi connectivity index (χ0v) is 12.2. The van der Waals surface area contributed by atoms with Crippen LogP contribution in [0.2, 0.25) is 0 Å². The molecule has 7 nitrogen and oxygen atoms in total. The molecule has 1 atom stereocenters. The number of nitrogens with one attached hydrogen (secondary N) is 1. The van der Waals surface area contributed by atoms with E-state index in [2.05, 4.69) is 15.4 Å². The van der Waals surface area contributed by atoms with Crippen molar-refractivity contribution in [3.63, 3.8) is 0 Å². The van der Waals surface area contributed by atoms with Gasteiger partial charge in [0.25, 0.3) is 5.56 Å². The number of halogens is 1. The fourth-order valence-corrected chi connectivity index (χ4v) is 2.99. The van der Waals surface area contributed by atoms with Gasteiger partial charge in [-0.15, -0.1) is 0 Å². The van der Waals surface area contributed by atoms with Crippen molar-refractivity contribution in [2.45, 2.75) is 12.3 Å². The number of benzene rings is 1. The molecule has 0 aliphatic carbocycles. The molecule has 0 spiro atoms. The molecule has 1 aliphatic rings. The highest BCUT2D eigenvalue weighted by Crippen LogP contribution is 2.34. The summed E-state index contributed by atoms with van der Waals surface area (Å²) >= 11 is 0. The monoisotopic (exact) mass is 313 g/mol. The number of aryl methyl sites for hydroxylation is 1. The minimum absolute atomic E-state index is 0.119. The van der Waals surface area contributed by atoms with Crippen molar-refractivity contribution in [1.29, 1.82) is 0 Å². The van der Waals surface area contributed by atoms with Gasteiger partial charge in [0.15, 0.2) is 0 Å². The van der Waals surface area contributed by atoms with E-state index in [0.717, 1.165) is 0 Å². The highest BCUT2D eigenvalue weighted by molar-refractivity contribution is 5.94. The summed E-state index contributed by atoms with van der Waals surface area (Å²) < 4.78 is 16.0. The van der Waals surface area contributed by atoms with Crippen LogP contribution in [0, 0.1) is 5.82 Å². The maximum atomic E-state index is 13.2. The van der Waals surface area contributed by atoms with Gasteiger partial charge in [-0.3, -0.25) is 14.2 Å². The van der Waals surface area contributed by atoms with Crippen LogP contribution in [0.3, 0.4) is 0 Å². The number of aromatic nitrogens is 4. The van der Waals surface area contributed by atoms with Crippen molar-refractivity contribution in [2.75, 3.05) is 5.32 Å². The van der Waals surface area contributed by atoms with Gasteiger partial charge in [-0.25, -0.2) is 4.39 Å². The Hall–Kier alpha value is -3.03. The summed E-state index contributed by atoms with van der Waals surface area (Å²) in [6.07, 6.45) is 1.44. The van der Waals surface area contributed by atoms with Gasteiger partial charge in [-0.1, -0.05) is 12.1 Å². The molecule has 0 radical (unpaired) electrons. The van der Waals surface area contributed by atoms with E-state index in [1.807, 2.05) is 0 Å². The van der Waals surface area contributed by atoms with E-state index in [9.17, 15) is 14.0 Å². The van der Waals surface area contributed by atoms with Crippen molar-refractivity contribution >= 4 is 17.5 Å². The van der Waals surface area contributed by atoms with E-state index in [1.54, 1.807) is 19.2 Å². The first-order chi connectivity index (χ1) is 11.1. The lowest BCUT2D eigenvalue weighted by atomic mass is 9.87. The van der Waals surface area contributed by atoms with E-state index in [0.29, 0.717) is 22.7 Å². The highest BCUT2D eigenvalue weighted by atomic mass is 19.1. The maximum absolute atomic E-state index is 13.2. The third kappa shape index (κ3) is 1.95. The van der Waals surface area contributed by atoms with Crippen LogP contribution in [0.4, 0.5) is 10.2 Å². The number of carbonyl (C=O) groups excluding carboxylic acids is 1. The largest absolute Gasteiger partial charge is 0.310 e. The summed E-state index contributed by atoms with van der Waals surface area (Å²) in [5.74, 6) is -0.377. The summed E-state index contributed by atoms with van der Waals surface area (Å²) in [7, 11) is 1.60. The second-order valence-corrected chi connectivity index (χ2v) is 5.45. The molecule has 1 N–H and O–H groups in total. The van der Waals surface area contributed by atoms with E-state index in [-0.39, 0.29) is 23.7 Å². The van der Waals surface area contributed by atoms with Crippen molar-refractivity contribution in [2.24, 2.45) is 7.05 Å². The predicted octanol–water partition coefficient (Wildman–Crippen LogP) is 1.04. The normalized spacial score (nSPS) is 17.1. The van der Waals surface area contributed by atoms with Gasteiger partial charge in [0.1, 0.15) is 18.0 Å². The Balaban J connectivity index is 2.03. The number of hydrogen-bond acceptors (Lipinski definition) is 4. The van der Waals surface area contributed by atoms with Gasteiger partial charge >= 0.3 is 0 Å². The average molecular weight is 313 g/mol. The summed E-state index contributed by atoms with van der Waals surface area (Å²) in [4.78, 5) is 28.9. The van der Waals surface area contributed by atoms with Crippen molar-refractivity contribution < 1.29 is 9.18 Å². The molecule has 1 aromatic carbocycles. The fraction of sp³-hybridized carbons (Fsp3) is 0.200. The maximum Gasteiger partial charge on any atom is 0.260 e. The Morgan fingerprint density at radius 3 is 2.74 bits per heavy atom. The second kappa shape index (κ2) is 4.73. The third-order valence-corrected chi connectivity index (χ3v) is 4.10. The lowest BCUT2D eigenvalue weighted by Gasteiger charge is -2.26. The van der Waals surface area contributed by atoms with Gasteiger partial charge in [0.05, 0.1) is 5.56 Å². The molecule has 8 heteroatoms. The van der Waals surface area contributed by atoms with Crippen LogP contribution in [-0.4, -0.2) is 25.1 Å². The number of anilines is 1. The molecule has 23 heavy (non-hydrogen) atoms. The lowest BCUT2D eigenvalue weighted by Crippen LogP contribution is -2.35. The van der Waals surface area contributed by atoms with E-state index in [1.165, 1.54) is 27.5 Å². The molecular formula is C15H12FN5O2. The van der Waals surface area contributed by atoms with Crippen LogP contribution < -0.4 is 10.9 Å². The van der Waals surface area contributed by atoms with Gasteiger partial charge in [0.2, 0.25) is 11.7 Å². The van der Waals surface area contributed by atoms with Crippen LogP contribution in [0.5, 0.6) is 0 Å². The smallest absolute Gasteiger partial charge is 0.260 e. The fourth-order valence-electron chi connectivity index (χ4n) is 2.99. The molecule has 0 fully saturated rings. The number of amides is 1. The minimum atomic E-state index is -0.452. The molecule has 4 rings (SSSR count). The first-order valence-electron chi connectivity index (χ1n) is 7.04. The molecule has 2 aromatic heterocycles. The number of fused-ring (bicyclic) bond motifs is 3. The molecule has 1 aliphatic heterocycles. The van der Waals surface area contributed by atoms with Crippen LogP contribution in [0.25, 0.3) is 5.78 Å². The Bertz CT molecular complexity index is 990. The molecule has 116 valence electrons. The van der Waals surface area contributed by atoms with Gasteiger partial charge < -0.3 is 5.32 Å². The topological polar surface area (TPSA) is 81.3 Å². The molecule has 0 bridgehead atoms. The Labute approximate surface area is 129 Å². The summed E-state index contributed by atoms with van der Waals surface area (Å²) in [6.45, 7) is 0. The standard InChI is InChI=1S/C15H12FN5O2/c1-20-14(23)12-10(8-2-4-9(16)5-3-8)6-11(22)19-13(12)21-15(20)17-7-18-21/h2-5,7,10H,6H2,1H3,(H,19,22)/t10-/m0/s1. The first-order valence-corrected chi connectivity index (χ1v) is 7.04. The molecule has 0 unspecified atom stereocenters. The van der Waals surface area contributed by atoms with Crippen LogP contribution in [0.1, 0.15) is 23.5 Å². The second-order valence-electron chi connectivity index (χ2n) is 5.45. The number of hydrogen-bond donors (Lipinski definition) is 1. The zero-order valence-electron chi connectivity index (χ0n) is 12.2. The van der Waals surface area contributed by atoms with E-state index < -0.39 is 5.92 Å². The molecule has 3 heterocycles. The Morgan fingerprint density at radius 1 is 1.26 bits per heavy atom. The molecular weight excluding hydrogens is 301 g/mol. The number of carbonyl (C=O) groups is 1. The van der Waals surface area contributed by atoms with Crippen molar-refractivity contribution in [3.8, 4) is 0 Å². The highest BCUT2D eigenvalue weighted by Gasteiger charge is 2.32. The minimum Gasteiger partial charge on any atom is -0.310 e. The van der Waals surface area contributed by atoms with Crippen LogP contribution in [0.15, 0.2) is 35.4 Å². The predicted molar refractivity (Wildman–Crippen MR) is 79.7 cm³/mol. The zero-order chi connectivity index (χ0) is 16.1. The SMILES string of the molecule is Cn1c(=O)c2c(n3ncnc13)NC(=O)C[C@H]2c1ccc(F)cc1. The van der Waals surface area contributed by atoms with E-state index >= 15 is 0 Å². The van der Waals surface area contributed by atoms with Gasteiger partial charge in [-0.05, 0) is 17.7 Å². The molecule has 0 saturated carbocycles. The van der Waals surface area contributed by atoms with Crippen LogP contribution >= 0.6 is 0 Å². The van der Waals surface area contributed by atoms with Crippen molar-refractivity contribution in [1.82, 2.24) is 19.2 Å². The summed E-state index contributed by atoms with van der Waals surface area (Å²) in [5, 5.41) is 6.78. The first kappa shape index (κ1) is 13.6.